The van der Waals surface area contributed by atoms with Crippen molar-refractivity contribution in [3.63, 3.8) is 0 Å². The maximum absolute atomic E-state index is 12.5. The zero-order valence-electron chi connectivity index (χ0n) is 14.5. The molecule has 0 aliphatic carbocycles. The van der Waals surface area contributed by atoms with Gasteiger partial charge in [-0.3, -0.25) is 4.79 Å². The van der Waals surface area contributed by atoms with Gasteiger partial charge in [-0.05, 0) is 36.6 Å². The maximum atomic E-state index is 12.5. The van der Waals surface area contributed by atoms with Crippen molar-refractivity contribution in [2.75, 3.05) is 20.2 Å². The van der Waals surface area contributed by atoms with Gasteiger partial charge in [0.1, 0.15) is 5.60 Å². The van der Waals surface area contributed by atoms with Crippen LogP contribution in [0, 0.1) is 0 Å². The molecule has 0 aromatic heterocycles. The van der Waals surface area contributed by atoms with E-state index in [0.29, 0.717) is 13.1 Å². The summed E-state index contributed by atoms with van der Waals surface area (Å²) >= 11 is 0. The van der Waals surface area contributed by atoms with Crippen molar-refractivity contribution in [3.8, 4) is 0 Å². The number of benzene rings is 2. The number of hydrogen-bond acceptors (Lipinski definition) is 3. The molecule has 2 aromatic rings. The first-order valence-electron chi connectivity index (χ1n) is 8.43. The number of β-amino-alcohol motifs (C(OH)–C–C–N with tert-alkyl or cyclic N) is 1. The topological polar surface area (TPSA) is 49.8 Å². The zero-order valence-corrected chi connectivity index (χ0v) is 14.5. The second-order valence-corrected chi connectivity index (χ2v) is 7.03. The van der Waals surface area contributed by atoms with Gasteiger partial charge in [0.25, 0.3) is 5.91 Å². The van der Waals surface area contributed by atoms with Gasteiger partial charge >= 0.3 is 0 Å². The molecular weight excluding hydrogens is 302 g/mol. The van der Waals surface area contributed by atoms with Crippen LogP contribution in [0.3, 0.4) is 0 Å². The molecule has 0 spiro atoms. The third-order valence-corrected chi connectivity index (χ3v) is 5.10. The Hall–Kier alpha value is -1.91. The predicted molar refractivity (Wildman–Crippen MR) is 95.0 cm³/mol. The molecule has 1 heterocycles. The molecule has 1 amide bonds. The van der Waals surface area contributed by atoms with E-state index in [1.54, 1.807) is 18.7 Å². The lowest BCUT2D eigenvalue weighted by molar-refractivity contribution is -0.154. The summed E-state index contributed by atoms with van der Waals surface area (Å²) in [6, 6.07) is 14.6. The lowest BCUT2D eigenvalue weighted by Crippen LogP contribution is -2.52. The smallest absolute Gasteiger partial charge is 0.254 e. The minimum absolute atomic E-state index is 0.0595. The third kappa shape index (κ3) is 3.17. The van der Waals surface area contributed by atoms with E-state index in [1.807, 2.05) is 12.1 Å². The van der Waals surface area contributed by atoms with E-state index in [1.165, 1.54) is 17.9 Å². The van der Waals surface area contributed by atoms with E-state index in [-0.39, 0.29) is 11.8 Å². The van der Waals surface area contributed by atoms with Crippen LogP contribution in [0.25, 0.3) is 10.8 Å². The van der Waals surface area contributed by atoms with Gasteiger partial charge in [0.05, 0.1) is 6.10 Å². The Balaban J connectivity index is 1.76. The molecule has 1 fully saturated rings. The second kappa shape index (κ2) is 6.54. The average Bonchev–Trinajstić information content (AvgIpc) is 2.60. The molecule has 4 heteroatoms. The van der Waals surface area contributed by atoms with Crippen LogP contribution in [0.1, 0.15) is 31.7 Å². The van der Waals surface area contributed by atoms with Crippen LogP contribution in [-0.2, 0) is 9.53 Å². The number of rotatable bonds is 3. The molecule has 1 aliphatic rings. The summed E-state index contributed by atoms with van der Waals surface area (Å²) < 4.78 is 5.27. The number of carbonyl (C=O) groups is 1. The van der Waals surface area contributed by atoms with Crippen LogP contribution >= 0.6 is 0 Å². The van der Waals surface area contributed by atoms with E-state index in [4.69, 9.17) is 4.74 Å². The number of methoxy groups -OCH3 is 1. The molecule has 128 valence electrons. The Labute approximate surface area is 143 Å². The number of piperidine rings is 1. The average molecular weight is 327 g/mol. The molecule has 0 radical (unpaired) electrons. The molecule has 1 N–H and O–H groups in total. The van der Waals surface area contributed by atoms with Crippen molar-refractivity contribution >= 4 is 16.7 Å². The first kappa shape index (κ1) is 16.9. The van der Waals surface area contributed by atoms with Gasteiger partial charge in [-0.25, -0.2) is 0 Å². The second-order valence-electron chi connectivity index (χ2n) is 7.03. The quantitative estimate of drug-likeness (QED) is 0.943. The van der Waals surface area contributed by atoms with Gasteiger partial charge in [0, 0.05) is 26.1 Å². The fourth-order valence-electron chi connectivity index (χ4n) is 3.41. The number of hydrogen-bond donors (Lipinski definition) is 1. The number of likely N-dealkylation sites (tertiary alicyclic amines) is 1. The van der Waals surface area contributed by atoms with Crippen molar-refractivity contribution in [3.05, 3.63) is 48.0 Å². The largest absolute Gasteiger partial charge is 0.391 e. The Bertz CT molecular complexity index is 740. The van der Waals surface area contributed by atoms with Gasteiger partial charge < -0.3 is 14.7 Å². The molecule has 0 saturated carbocycles. The van der Waals surface area contributed by atoms with E-state index in [9.17, 15) is 9.90 Å². The summed E-state index contributed by atoms with van der Waals surface area (Å²) in [5.41, 5.74) is 0.287. The molecule has 0 bridgehead atoms. The summed E-state index contributed by atoms with van der Waals surface area (Å²) in [7, 11) is 1.54. The van der Waals surface area contributed by atoms with Crippen LogP contribution in [0.15, 0.2) is 42.5 Å². The summed E-state index contributed by atoms with van der Waals surface area (Å²) in [6.45, 7) is 4.51. The van der Waals surface area contributed by atoms with Gasteiger partial charge in [-0.1, -0.05) is 42.5 Å². The fourth-order valence-corrected chi connectivity index (χ4v) is 3.41. The molecule has 4 nitrogen and oxygen atoms in total. The van der Waals surface area contributed by atoms with E-state index in [0.717, 1.165) is 12.0 Å². The number of nitrogens with zero attached hydrogens (tertiary/aromatic N) is 1. The third-order valence-electron chi connectivity index (χ3n) is 5.10. The Morgan fingerprint density at radius 1 is 1.21 bits per heavy atom. The zero-order chi connectivity index (χ0) is 17.3. The van der Waals surface area contributed by atoms with Gasteiger partial charge in [0.2, 0.25) is 0 Å². The molecule has 2 aromatic carbocycles. The van der Waals surface area contributed by atoms with Crippen molar-refractivity contribution < 1.29 is 14.6 Å². The standard InChI is InChI=1S/C20H25NO3/c1-20(2,24-3)19(23)21-11-10-17(18(22)13-21)16-9-8-14-6-4-5-7-15(14)12-16/h4-9,12,17-18,22H,10-11,13H2,1-3H3/t17-,18+/m1/s1. The van der Waals surface area contributed by atoms with Crippen molar-refractivity contribution in [1.82, 2.24) is 4.90 Å². The number of fused-ring (bicyclic) bond motifs is 1. The minimum atomic E-state index is -0.852. The molecule has 24 heavy (non-hydrogen) atoms. The number of ether oxygens (including phenoxy) is 1. The Kier molecular flexibility index (Phi) is 4.61. The number of amides is 1. The summed E-state index contributed by atoms with van der Waals surface area (Å²) in [4.78, 5) is 14.2. The van der Waals surface area contributed by atoms with E-state index in [2.05, 4.69) is 30.3 Å². The molecule has 2 atom stereocenters. The number of aliphatic hydroxyl groups excluding tert-OH is 1. The highest BCUT2D eigenvalue weighted by Crippen LogP contribution is 2.31. The summed E-state index contributed by atoms with van der Waals surface area (Å²) in [5.74, 6) is -0.00896. The normalized spacial score (nSPS) is 21.9. The van der Waals surface area contributed by atoms with Crippen LogP contribution in [0.4, 0.5) is 0 Å². The van der Waals surface area contributed by atoms with Crippen LogP contribution < -0.4 is 0 Å². The monoisotopic (exact) mass is 327 g/mol. The number of aliphatic hydroxyl groups is 1. The van der Waals surface area contributed by atoms with Gasteiger partial charge in [-0.2, -0.15) is 0 Å². The van der Waals surface area contributed by atoms with Crippen molar-refractivity contribution in [2.45, 2.75) is 37.9 Å². The first-order valence-corrected chi connectivity index (χ1v) is 8.43. The Morgan fingerprint density at radius 2 is 1.92 bits per heavy atom. The highest BCUT2D eigenvalue weighted by atomic mass is 16.5. The minimum Gasteiger partial charge on any atom is -0.391 e. The molecule has 0 unspecified atom stereocenters. The predicted octanol–water partition coefficient (Wildman–Crippen LogP) is 2.94. The van der Waals surface area contributed by atoms with Gasteiger partial charge in [0.15, 0.2) is 0 Å². The van der Waals surface area contributed by atoms with Crippen LogP contribution in [-0.4, -0.2) is 47.8 Å². The molecule has 1 aliphatic heterocycles. The van der Waals surface area contributed by atoms with E-state index < -0.39 is 11.7 Å². The van der Waals surface area contributed by atoms with Crippen molar-refractivity contribution in [2.24, 2.45) is 0 Å². The lowest BCUT2D eigenvalue weighted by atomic mass is 9.85. The highest BCUT2D eigenvalue weighted by molar-refractivity contribution is 5.85. The summed E-state index contributed by atoms with van der Waals surface area (Å²) in [5, 5.41) is 13.0. The highest BCUT2D eigenvalue weighted by Gasteiger charge is 2.37. The fraction of sp³-hybridized carbons (Fsp3) is 0.450. The van der Waals surface area contributed by atoms with E-state index >= 15 is 0 Å². The van der Waals surface area contributed by atoms with Gasteiger partial charge in [-0.15, -0.1) is 0 Å². The number of carbonyl (C=O) groups excluding carboxylic acids is 1. The molecule has 3 rings (SSSR count). The maximum Gasteiger partial charge on any atom is 0.254 e. The lowest BCUT2D eigenvalue weighted by Gasteiger charge is -2.39. The van der Waals surface area contributed by atoms with Crippen molar-refractivity contribution in [1.29, 1.82) is 0 Å². The summed E-state index contributed by atoms with van der Waals surface area (Å²) in [6.07, 6.45) is 0.196. The molecule has 1 saturated heterocycles. The van der Waals surface area contributed by atoms with Crippen LogP contribution in [0.2, 0.25) is 0 Å². The molecular formula is C20H25NO3. The first-order chi connectivity index (χ1) is 11.4. The Morgan fingerprint density at radius 3 is 2.58 bits per heavy atom. The van der Waals surface area contributed by atoms with Crippen LogP contribution in [0.5, 0.6) is 0 Å². The SMILES string of the molecule is COC(C)(C)C(=O)N1CC[C@H](c2ccc3ccccc3c2)[C@@H](O)C1.